The Balaban J connectivity index is 1.47. The van der Waals surface area contributed by atoms with Crippen LogP contribution < -0.4 is 15.4 Å². The van der Waals surface area contributed by atoms with Crippen molar-refractivity contribution < 1.29 is 40.2 Å². The monoisotopic (exact) mass is 669 g/mol. The van der Waals surface area contributed by atoms with Gasteiger partial charge >= 0.3 is 12.2 Å². The van der Waals surface area contributed by atoms with E-state index < -0.39 is 78.9 Å². The van der Waals surface area contributed by atoms with Crippen molar-refractivity contribution in [1.82, 2.24) is 14.9 Å². The van der Waals surface area contributed by atoms with Crippen molar-refractivity contribution in [1.29, 1.82) is 0 Å². The molecule has 3 fully saturated rings. The predicted molar refractivity (Wildman–Crippen MR) is 160 cm³/mol. The molecule has 0 amide bonds. The van der Waals surface area contributed by atoms with Crippen LogP contribution in [0.15, 0.2) is 6.07 Å². The third kappa shape index (κ3) is 5.88. The minimum Gasteiger partial charge on any atom is -0.461 e. The second kappa shape index (κ2) is 11.5. The Kier molecular flexibility index (Phi) is 8.17. The highest BCUT2D eigenvalue weighted by molar-refractivity contribution is 7.91. The molecule has 3 saturated heterocycles. The van der Waals surface area contributed by atoms with Crippen molar-refractivity contribution in [3.63, 3.8) is 0 Å². The van der Waals surface area contributed by atoms with E-state index in [1.165, 1.54) is 6.92 Å². The van der Waals surface area contributed by atoms with Gasteiger partial charge in [0, 0.05) is 49.2 Å². The first-order valence-corrected chi connectivity index (χ1v) is 17.0. The molecule has 4 atom stereocenters. The number of alkyl halides is 4. The fourth-order valence-corrected chi connectivity index (χ4v) is 9.51. The number of benzene rings is 1. The molecule has 5 heterocycles. The normalized spacial score (nSPS) is 29.2. The smallest absolute Gasteiger partial charge is 0.418 e. The van der Waals surface area contributed by atoms with Gasteiger partial charge in [0.2, 0.25) is 0 Å². The van der Waals surface area contributed by atoms with E-state index in [9.17, 15) is 31.1 Å². The molecular weight excluding hydrogens is 633 g/mol. The Morgan fingerprint density at radius 1 is 1.22 bits per heavy atom. The summed E-state index contributed by atoms with van der Waals surface area (Å²) in [6.45, 7) is 4.56. The molecule has 0 bridgehead atoms. The Morgan fingerprint density at radius 3 is 2.65 bits per heavy atom. The summed E-state index contributed by atoms with van der Waals surface area (Å²) in [4.78, 5) is 12.8. The summed E-state index contributed by atoms with van der Waals surface area (Å²) in [5, 5.41) is 8.85. The zero-order valence-corrected chi connectivity index (χ0v) is 26.4. The summed E-state index contributed by atoms with van der Waals surface area (Å²) >= 11 is 0. The average molecular weight is 670 g/mol. The van der Waals surface area contributed by atoms with Crippen LogP contribution in [-0.4, -0.2) is 78.5 Å². The molecule has 4 aliphatic rings. The van der Waals surface area contributed by atoms with E-state index in [0.717, 1.165) is 19.0 Å². The molecule has 0 aliphatic carbocycles. The molecule has 3 N–H and O–H groups in total. The van der Waals surface area contributed by atoms with Crippen LogP contribution in [0.5, 0.6) is 6.01 Å². The minimum absolute atomic E-state index is 0.0617. The van der Waals surface area contributed by atoms with Gasteiger partial charge in [-0.2, -0.15) is 23.1 Å². The maximum Gasteiger partial charge on any atom is 0.418 e. The molecule has 46 heavy (non-hydrogen) atoms. The van der Waals surface area contributed by atoms with E-state index in [1.807, 2.05) is 4.90 Å². The Hall–Kier alpha value is -3.22. The van der Waals surface area contributed by atoms with E-state index >= 15 is 4.39 Å². The number of aromatic nitrogens is 2. The molecule has 0 radical (unpaired) electrons. The lowest BCUT2D eigenvalue weighted by molar-refractivity contribution is -0.138. The van der Waals surface area contributed by atoms with Crippen LogP contribution in [-0.2, 0) is 28.2 Å². The third-order valence-corrected chi connectivity index (χ3v) is 11.6. The van der Waals surface area contributed by atoms with Crippen LogP contribution in [0.25, 0.3) is 0 Å². The molecule has 0 unspecified atom stereocenters. The largest absolute Gasteiger partial charge is 0.461 e. The summed E-state index contributed by atoms with van der Waals surface area (Å²) < 4.78 is 107. The molecule has 250 valence electrons. The molecule has 15 heteroatoms. The topological polar surface area (TPSA) is 122 Å². The number of sulfone groups is 1. The SMILES string of the molecule is CC#Cc1cc(N)c(F)c([C@@H]2Cc3nc(OC[C@@]45CCCN4C[C@H](F)C5)nc(N4CCC[C@@](C)(O)C4)c3CS2(=O)=O)c1C(F)(F)F. The van der Waals surface area contributed by atoms with Gasteiger partial charge in [-0.05, 0) is 52.1 Å². The number of β-amino-alcohol motifs (C(OH)–C–C–N with tert-alkyl or cyclic N) is 1. The number of anilines is 2. The number of hydrogen-bond donors (Lipinski definition) is 2. The van der Waals surface area contributed by atoms with Gasteiger partial charge in [0.1, 0.15) is 18.6 Å². The van der Waals surface area contributed by atoms with Crippen LogP contribution >= 0.6 is 0 Å². The number of nitrogens with zero attached hydrogens (tertiary/aromatic N) is 4. The van der Waals surface area contributed by atoms with Crippen LogP contribution in [0.4, 0.5) is 33.5 Å². The molecule has 0 spiro atoms. The van der Waals surface area contributed by atoms with Crippen molar-refractivity contribution in [2.45, 2.75) is 86.9 Å². The molecule has 1 aromatic carbocycles. The molecule has 4 aliphatic heterocycles. The van der Waals surface area contributed by atoms with Crippen molar-refractivity contribution in [2.24, 2.45) is 0 Å². The van der Waals surface area contributed by atoms with Gasteiger partial charge in [-0.1, -0.05) is 5.92 Å². The number of aliphatic hydroxyl groups is 1. The van der Waals surface area contributed by atoms with Crippen LogP contribution in [0, 0.1) is 17.7 Å². The lowest BCUT2D eigenvalue weighted by Gasteiger charge is -2.39. The highest BCUT2D eigenvalue weighted by atomic mass is 32.2. The first-order chi connectivity index (χ1) is 21.5. The van der Waals surface area contributed by atoms with Crippen molar-refractivity contribution >= 4 is 21.3 Å². The number of rotatable bonds is 5. The predicted octanol–water partition coefficient (Wildman–Crippen LogP) is 4.11. The summed E-state index contributed by atoms with van der Waals surface area (Å²) in [5.41, 5.74) is 0.453. The number of hydrogen-bond acceptors (Lipinski definition) is 9. The summed E-state index contributed by atoms with van der Waals surface area (Å²) in [6.07, 6.45) is -3.85. The molecule has 2 aromatic rings. The van der Waals surface area contributed by atoms with Gasteiger partial charge in [-0.15, -0.1) is 5.92 Å². The second-order valence-corrected chi connectivity index (χ2v) is 15.3. The van der Waals surface area contributed by atoms with Crippen molar-refractivity contribution in [3.05, 3.63) is 39.8 Å². The molecule has 1 aromatic heterocycles. The van der Waals surface area contributed by atoms with Crippen LogP contribution in [0.1, 0.15) is 79.1 Å². The Morgan fingerprint density at radius 2 is 1.96 bits per heavy atom. The second-order valence-electron chi connectivity index (χ2n) is 13.1. The van der Waals surface area contributed by atoms with Gasteiger partial charge in [0.15, 0.2) is 15.7 Å². The maximum absolute atomic E-state index is 15.6. The standard InChI is InChI=1S/C31H36F5N5O4S/c1-3-6-18-11-21(37)26(33)24(25(18)31(34,35)36)23-12-22-20(15-46(23,43)44)27(40-9-4-7-29(2,42)16-40)39-28(38-22)45-17-30-8-5-10-41(30)14-19(32)13-30/h11,19,23,42H,4-5,7-10,12-17,37H2,1-2H3/t19-,23+,29-,30+/m1/s1. The Bertz CT molecular complexity index is 1720. The summed E-state index contributed by atoms with van der Waals surface area (Å²) in [6, 6.07) is 0.606. The van der Waals surface area contributed by atoms with Crippen molar-refractivity contribution in [3.8, 4) is 17.9 Å². The highest BCUT2D eigenvalue weighted by Crippen LogP contribution is 2.47. The highest BCUT2D eigenvalue weighted by Gasteiger charge is 2.50. The third-order valence-electron chi connectivity index (χ3n) is 9.61. The quantitative estimate of drug-likeness (QED) is 0.275. The number of ether oxygens (including phenoxy) is 1. The van der Waals surface area contributed by atoms with E-state index in [1.54, 1.807) is 11.8 Å². The number of nitrogen functional groups attached to an aromatic ring is 1. The molecule has 6 rings (SSSR count). The minimum atomic E-state index is -5.15. The van der Waals surface area contributed by atoms with E-state index in [-0.39, 0.29) is 42.7 Å². The zero-order valence-electron chi connectivity index (χ0n) is 25.6. The van der Waals surface area contributed by atoms with Gasteiger partial charge in [-0.3, -0.25) is 4.90 Å². The van der Waals surface area contributed by atoms with E-state index in [2.05, 4.69) is 21.8 Å². The Labute approximate surface area is 264 Å². The fourth-order valence-electron chi connectivity index (χ4n) is 7.61. The van der Waals surface area contributed by atoms with Gasteiger partial charge in [0.25, 0.3) is 0 Å². The summed E-state index contributed by atoms with van der Waals surface area (Å²) in [7, 11) is -4.49. The first-order valence-electron chi connectivity index (χ1n) is 15.3. The number of halogens is 5. The lowest BCUT2D eigenvalue weighted by atomic mass is 9.93. The number of fused-ring (bicyclic) bond motifs is 2. The van der Waals surface area contributed by atoms with E-state index in [0.29, 0.717) is 32.4 Å². The van der Waals surface area contributed by atoms with Crippen LogP contribution in [0.3, 0.4) is 0 Å². The average Bonchev–Trinajstić information content (AvgIpc) is 3.47. The van der Waals surface area contributed by atoms with Crippen LogP contribution in [0.2, 0.25) is 0 Å². The number of nitrogens with two attached hydrogens (primary N) is 1. The zero-order chi connectivity index (χ0) is 33.2. The maximum atomic E-state index is 15.6. The molecule has 9 nitrogen and oxygen atoms in total. The first kappa shape index (κ1) is 32.7. The lowest BCUT2D eigenvalue weighted by Crippen LogP contribution is -2.47. The molecular formula is C31H36F5N5O4S. The molecule has 0 saturated carbocycles. The van der Waals surface area contributed by atoms with Gasteiger partial charge < -0.3 is 20.5 Å². The van der Waals surface area contributed by atoms with Gasteiger partial charge in [0.05, 0.1) is 39.1 Å². The number of piperidine rings is 1. The van der Waals surface area contributed by atoms with Gasteiger partial charge in [-0.25, -0.2) is 17.2 Å². The fraction of sp³-hybridized carbons (Fsp3) is 0.613. The van der Waals surface area contributed by atoms with Crippen molar-refractivity contribution in [2.75, 3.05) is 43.4 Å². The summed E-state index contributed by atoms with van der Waals surface area (Å²) in [5.74, 6) is 2.57. The van der Waals surface area contributed by atoms with E-state index in [4.69, 9.17) is 10.5 Å².